The SMILES string of the molecule is O=C([O-])[C@@H]1CC(=O)N(CCc2ccccc2)C(=Nc2ccc(Cl)cc2)S1. The van der Waals surface area contributed by atoms with Crippen molar-refractivity contribution in [3.05, 3.63) is 65.2 Å². The Morgan fingerprint density at radius 2 is 1.88 bits per heavy atom. The van der Waals surface area contributed by atoms with Crippen LogP contribution in [0.15, 0.2) is 59.6 Å². The fourth-order valence-corrected chi connectivity index (χ4v) is 3.74. The molecule has 0 saturated carbocycles. The van der Waals surface area contributed by atoms with Gasteiger partial charge in [-0.05, 0) is 36.2 Å². The van der Waals surface area contributed by atoms with Crippen molar-refractivity contribution in [1.29, 1.82) is 0 Å². The van der Waals surface area contributed by atoms with E-state index in [-0.39, 0.29) is 12.3 Å². The zero-order chi connectivity index (χ0) is 18.5. The predicted molar refractivity (Wildman–Crippen MR) is 101 cm³/mol. The maximum Gasteiger partial charge on any atom is 0.230 e. The first-order valence-electron chi connectivity index (χ1n) is 8.09. The summed E-state index contributed by atoms with van der Waals surface area (Å²) in [5.41, 5.74) is 1.70. The van der Waals surface area contributed by atoms with Crippen molar-refractivity contribution in [1.82, 2.24) is 4.90 Å². The fraction of sp³-hybridized carbons (Fsp3) is 0.211. The summed E-state index contributed by atoms with van der Waals surface area (Å²) in [6.07, 6.45) is 0.560. The Balaban J connectivity index is 1.84. The summed E-state index contributed by atoms with van der Waals surface area (Å²) >= 11 is 6.93. The molecule has 26 heavy (non-hydrogen) atoms. The molecule has 0 spiro atoms. The van der Waals surface area contributed by atoms with Crippen molar-refractivity contribution in [3.8, 4) is 0 Å². The average molecular weight is 388 g/mol. The van der Waals surface area contributed by atoms with E-state index in [1.807, 2.05) is 30.3 Å². The number of carbonyl (C=O) groups is 2. The van der Waals surface area contributed by atoms with E-state index in [1.165, 1.54) is 0 Å². The first-order valence-corrected chi connectivity index (χ1v) is 9.35. The molecule has 0 bridgehead atoms. The van der Waals surface area contributed by atoms with Crippen LogP contribution in [0.3, 0.4) is 0 Å². The number of amidine groups is 1. The number of carbonyl (C=O) groups excluding carboxylic acids is 2. The van der Waals surface area contributed by atoms with Crippen LogP contribution in [0.5, 0.6) is 0 Å². The summed E-state index contributed by atoms with van der Waals surface area (Å²) in [7, 11) is 0. The van der Waals surface area contributed by atoms with Gasteiger partial charge in [-0.15, -0.1) is 0 Å². The first kappa shape index (κ1) is 18.5. The van der Waals surface area contributed by atoms with Gasteiger partial charge in [0.05, 0.1) is 16.9 Å². The lowest BCUT2D eigenvalue weighted by Gasteiger charge is -2.32. The van der Waals surface area contributed by atoms with Crippen molar-refractivity contribution in [2.75, 3.05) is 6.54 Å². The minimum Gasteiger partial charge on any atom is -0.549 e. The van der Waals surface area contributed by atoms with Gasteiger partial charge in [-0.2, -0.15) is 0 Å². The normalized spacial score (nSPS) is 19.0. The van der Waals surface area contributed by atoms with Crippen LogP contribution in [0.25, 0.3) is 0 Å². The number of nitrogens with zero attached hydrogens (tertiary/aromatic N) is 2. The molecule has 7 heteroatoms. The maximum absolute atomic E-state index is 12.5. The highest BCUT2D eigenvalue weighted by atomic mass is 35.5. The molecule has 134 valence electrons. The van der Waals surface area contributed by atoms with Crippen LogP contribution in [-0.2, 0) is 16.0 Å². The van der Waals surface area contributed by atoms with E-state index in [0.29, 0.717) is 28.8 Å². The van der Waals surface area contributed by atoms with Crippen molar-refractivity contribution in [3.63, 3.8) is 0 Å². The Morgan fingerprint density at radius 1 is 1.19 bits per heavy atom. The summed E-state index contributed by atoms with van der Waals surface area (Å²) in [4.78, 5) is 29.8. The number of carboxylic acid groups (broad SMARTS) is 1. The number of hydrogen-bond donors (Lipinski definition) is 0. The Kier molecular flexibility index (Phi) is 5.96. The lowest BCUT2D eigenvalue weighted by molar-refractivity contribution is -0.304. The molecular formula is C19H16ClN2O3S-. The molecular weight excluding hydrogens is 372 g/mol. The van der Waals surface area contributed by atoms with Gasteiger partial charge in [0, 0.05) is 18.0 Å². The zero-order valence-electron chi connectivity index (χ0n) is 13.8. The molecule has 1 atom stereocenters. The molecule has 1 saturated heterocycles. The third-order valence-electron chi connectivity index (χ3n) is 3.92. The summed E-state index contributed by atoms with van der Waals surface area (Å²) in [5, 5.41) is 11.3. The largest absolute Gasteiger partial charge is 0.549 e. The standard InChI is InChI=1S/C19H17ClN2O3S/c20-14-6-8-15(9-7-14)21-19-22(11-10-13-4-2-1-3-5-13)17(23)12-16(26-19)18(24)25/h1-9,16H,10-12H2,(H,24,25)/p-1/t16-/m0/s1. The van der Waals surface area contributed by atoms with Gasteiger partial charge in [0.25, 0.3) is 0 Å². The molecule has 0 radical (unpaired) electrons. The van der Waals surface area contributed by atoms with Crippen LogP contribution in [0.4, 0.5) is 5.69 Å². The van der Waals surface area contributed by atoms with Gasteiger partial charge in [0.2, 0.25) is 5.91 Å². The van der Waals surface area contributed by atoms with E-state index in [9.17, 15) is 14.7 Å². The van der Waals surface area contributed by atoms with Gasteiger partial charge in [-0.25, -0.2) is 4.99 Å². The Labute approximate surface area is 160 Å². The number of aliphatic carboxylic acids is 1. The van der Waals surface area contributed by atoms with E-state index >= 15 is 0 Å². The molecule has 0 N–H and O–H groups in total. The monoisotopic (exact) mass is 387 g/mol. The highest BCUT2D eigenvalue weighted by Gasteiger charge is 2.32. The summed E-state index contributed by atoms with van der Waals surface area (Å²) in [6, 6.07) is 16.6. The van der Waals surface area contributed by atoms with Crippen LogP contribution in [0.2, 0.25) is 5.02 Å². The number of amides is 1. The van der Waals surface area contributed by atoms with Gasteiger partial charge >= 0.3 is 0 Å². The van der Waals surface area contributed by atoms with Crippen molar-refractivity contribution >= 4 is 46.1 Å². The van der Waals surface area contributed by atoms with Crippen LogP contribution in [-0.4, -0.2) is 33.7 Å². The van der Waals surface area contributed by atoms with Gasteiger partial charge < -0.3 is 9.90 Å². The lowest BCUT2D eigenvalue weighted by Crippen LogP contribution is -2.48. The van der Waals surface area contributed by atoms with Crippen molar-refractivity contribution in [2.24, 2.45) is 4.99 Å². The number of halogens is 1. The van der Waals surface area contributed by atoms with E-state index in [1.54, 1.807) is 29.2 Å². The number of aliphatic imine (C=N–C) groups is 1. The summed E-state index contributed by atoms with van der Waals surface area (Å²) < 4.78 is 0. The molecule has 0 aromatic heterocycles. The molecule has 1 amide bonds. The maximum atomic E-state index is 12.5. The van der Waals surface area contributed by atoms with Crippen LogP contribution in [0.1, 0.15) is 12.0 Å². The number of carboxylic acids is 1. The lowest BCUT2D eigenvalue weighted by atomic mass is 10.1. The first-order chi connectivity index (χ1) is 12.5. The topological polar surface area (TPSA) is 72.8 Å². The second-order valence-electron chi connectivity index (χ2n) is 5.78. The second kappa shape index (κ2) is 8.38. The van der Waals surface area contributed by atoms with Gasteiger partial charge in [0.1, 0.15) is 0 Å². The van der Waals surface area contributed by atoms with Gasteiger partial charge in [0.15, 0.2) is 5.17 Å². The predicted octanol–water partition coefficient (Wildman–Crippen LogP) is 2.65. The number of benzene rings is 2. The molecule has 1 aliphatic rings. The van der Waals surface area contributed by atoms with E-state index in [0.717, 1.165) is 17.3 Å². The smallest absolute Gasteiger partial charge is 0.230 e. The molecule has 2 aromatic carbocycles. The molecule has 1 heterocycles. The molecule has 2 aromatic rings. The van der Waals surface area contributed by atoms with Crippen LogP contribution < -0.4 is 5.11 Å². The number of thioether (sulfide) groups is 1. The summed E-state index contributed by atoms with van der Waals surface area (Å²) in [6.45, 7) is 0.433. The molecule has 1 fully saturated rings. The molecule has 0 aliphatic carbocycles. The van der Waals surface area contributed by atoms with Gasteiger partial charge in [-0.1, -0.05) is 53.7 Å². The third-order valence-corrected chi connectivity index (χ3v) is 5.34. The van der Waals surface area contributed by atoms with Crippen molar-refractivity contribution in [2.45, 2.75) is 18.1 Å². The van der Waals surface area contributed by atoms with Crippen LogP contribution in [0, 0.1) is 0 Å². The molecule has 1 aliphatic heterocycles. The third kappa shape index (κ3) is 4.65. The number of rotatable bonds is 5. The number of hydrogen-bond acceptors (Lipinski definition) is 5. The highest BCUT2D eigenvalue weighted by Crippen LogP contribution is 2.29. The highest BCUT2D eigenvalue weighted by molar-refractivity contribution is 8.15. The van der Waals surface area contributed by atoms with Crippen molar-refractivity contribution < 1.29 is 14.7 Å². The Morgan fingerprint density at radius 3 is 2.54 bits per heavy atom. The molecule has 3 rings (SSSR count). The molecule has 0 unspecified atom stereocenters. The zero-order valence-corrected chi connectivity index (χ0v) is 15.4. The summed E-state index contributed by atoms with van der Waals surface area (Å²) in [5.74, 6) is -1.52. The second-order valence-corrected chi connectivity index (χ2v) is 7.39. The average Bonchev–Trinajstić information content (AvgIpc) is 2.63. The molecule has 5 nitrogen and oxygen atoms in total. The quantitative estimate of drug-likeness (QED) is 0.790. The fourth-order valence-electron chi connectivity index (χ4n) is 2.56. The van der Waals surface area contributed by atoms with E-state index in [4.69, 9.17) is 11.6 Å². The minimum atomic E-state index is -1.25. The van der Waals surface area contributed by atoms with Crippen LogP contribution >= 0.6 is 23.4 Å². The Bertz CT molecular complexity index is 824. The van der Waals surface area contributed by atoms with E-state index < -0.39 is 11.2 Å². The van der Waals surface area contributed by atoms with Gasteiger partial charge in [-0.3, -0.25) is 9.69 Å². The minimum absolute atomic E-state index is 0.0958. The van der Waals surface area contributed by atoms with E-state index in [2.05, 4.69) is 4.99 Å². The Hall–Kier alpha value is -2.31.